The molecule has 1 unspecified atom stereocenters. The average molecular weight is 538 g/mol. The topological polar surface area (TPSA) is 125 Å². The summed E-state index contributed by atoms with van der Waals surface area (Å²) in [6, 6.07) is 16.1. The first-order chi connectivity index (χ1) is 18.8. The fourth-order valence-corrected chi connectivity index (χ4v) is 4.47. The highest BCUT2D eigenvalue weighted by Gasteiger charge is 2.34. The minimum atomic E-state index is -0.713. The molecule has 2 saturated heterocycles. The predicted molar refractivity (Wildman–Crippen MR) is 145 cm³/mol. The van der Waals surface area contributed by atoms with Gasteiger partial charge in [-0.1, -0.05) is 30.3 Å². The maximum atomic E-state index is 12.6. The number of hydrogen-bond acceptors (Lipinski definition) is 9. The number of hydrogen-bond donors (Lipinski definition) is 2. The molecule has 0 spiro atoms. The molecular weight excluding hydrogens is 502 g/mol. The van der Waals surface area contributed by atoms with Crippen molar-refractivity contribution in [3.05, 3.63) is 65.7 Å². The van der Waals surface area contributed by atoms with E-state index >= 15 is 0 Å². The molecule has 11 nitrogen and oxygen atoms in total. The normalized spacial score (nSPS) is 18.1. The maximum Gasteiger partial charge on any atom is 0.414 e. The van der Waals surface area contributed by atoms with Gasteiger partial charge in [0.2, 0.25) is 0 Å². The van der Waals surface area contributed by atoms with Crippen molar-refractivity contribution in [3.63, 3.8) is 0 Å². The molecule has 208 valence electrons. The van der Waals surface area contributed by atoms with Gasteiger partial charge in [0.05, 0.1) is 19.2 Å². The number of nitrogens with zero attached hydrogens (tertiary/aromatic N) is 3. The van der Waals surface area contributed by atoms with E-state index in [-0.39, 0.29) is 37.2 Å². The van der Waals surface area contributed by atoms with Crippen LogP contribution in [0.4, 0.5) is 15.3 Å². The lowest BCUT2D eigenvalue weighted by molar-refractivity contribution is -0.149. The fourth-order valence-electron chi connectivity index (χ4n) is 4.47. The van der Waals surface area contributed by atoms with Crippen molar-refractivity contribution in [1.82, 2.24) is 15.1 Å². The van der Waals surface area contributed by atoms with Gasteiger partial charge < -0.3 is 14.2 Å². The number of ether oxygens (including phenoxy) is 3. The van der Waals surface area contributed by atoms with Gasteiger partial charge in [-0.25, -0.2) is 9.59 Å². The highest BCUT2D eigenvalue weighted by atomic mass is 16.6. The van der Waals surface area contributed by atoms with Gasteiger partial charge in [-0.15, -0.1) is 0 Å². The van der Waals surface area contributed by atoms with Crippen molar-refractivity contribution >= 4 is 29.7 Å². The molecule has 39 heavy (non-hydrogen) atoms. The smallest absolute Gasteiger partial charge is 0.414 e. The van der Waals surface area contributed by atoms with E-state index in [0.717, 1.165) is 31.7 Å². The van der Waals surface area contributed by atoms with Crippen LogP contribution in [0.25, 0.3) is 0 Å². The third-order valence-electron chi connectivity index (χ3n) is 6.43. The van der Waals surface area contributed by atoms with Crippen LogP contribution in [-0.2, 0) is 25.6 Å². The molecule has 2 aromatic rings. The van der Waals surface area contributed by atoms with Gasteiger partial charge in [0.15, 0.2) is 0 Å². The van der Waals surface area contributed by atoms with Crippen LogP contribution >= 0.6 is 0 Å². The fraction of sp³-hybridized carbons (Fsp3) is 0.429. The van der Waals surface area contributed by atoms with E-state index in [1.54, 1.807) is 29.2 Å². The number of amides is 2. The van der Waals surface area contributed by atoms with E-state index in [4.69, 9.17) is 19.6 Å². The van der Waals surface area contributed by atoms with Crippen LogP contribution in [0.15, 0.2) is 54.6 Å². The van der Waals surface area contributed by atoms with Gasteiger partial charge in [-0.2, -0.15) is 0 Å². The molecule has 2 aliphatic heterocycles. The van der Waals surface area contributed by atoms with E-state index in [1.807, 2.05) is 44.2 Å². The van der Waals surface area contributed by atoms with E-state index < -0.39 is 12.2 Å². The number of alkyl carbamates (subject to hydrolysis) is 1. The van der Waals surface area contributed by atoms with Crippen LogP contribution in [0.3, 0.4) is 0 Å². The SMILES string of the molecule is CC(C)OC(=O)CN1CCN(CC2CN(c3ccc(C(=N)NC(=O)OCc4ccccc4)cc3)C(=O)O2)CC1. The second-order valence-electron chi connectivity index (χ2n) is 9.84. The van der Waals surface area contributed by atoms with Gasteiger partial charge in [-0.05, 0) is 43.7 Å². The zero-order chi connectivity index (χ0) is 27.8. The van der Waals surface area contributed by atoms with Crippen LogP contribution in [0.5, 0.6) is 0 Å². The maximum absolute atomic E-state index is 12.6. The number of carbonyl (C=O) groups excluding carboxylic acids is 3. The summed E-state index contributed by atoms with van der Waals surface area (Å²) in [6.07, 6.45) is -1.52. The Hall–Kier alpha value is -3.96. The monoisotopic (exact) mass is 537 g/mol. The van der Waals surface area contributed by atoms with Crippen molar-refractivity contribution in [2.24, 2.45) is 0 Å². The number of benzene rings is 2. The number of cyclic esters (lactones) is 1. The number of carbonyl (C=O) groups is 3. The van der Waals surface area contributed by atoms with Crippen LogP contribution in [0.2, 0.25) is 0 Å². The first kappa shape index (κ1) is 28.1. The third-order valence-corrected chi connectivity index (χ3v) is 6.43. The van der Waals surface area contributed by atoms with Crippen LogP contribution in [-0.4, -0.2) is 91.8 Å². The molecule has 0 aliphatic carbocycles. The van der Waals surface area contributed by atoms with Crippen LogP contribution in [0.1, 0.15) is 25.0 Å². The highest BCUT2D eigenvalue weighted by Crippen LogP contribution is 2.23. The molecule has 0 radical (unpaired) electrons. The predicted octanol–water partition coefficient (Wildman–Crippen LogP) is 2.83. The van der Waals surface area contributed by atoms with Crippen LogP contribution < -0.4 is 10.2 Å². The first-order valence-electron chi connectivity index (χ1n) is 13.1. The molecule has 4 rings (SSSR count). The van der Waals surface area contributed by atoms with Crippen molar-refractivity contribution in [1.29, 1.82) is 5.41 Å². The zero-order valence-electron chi connectivity index (χ0n) is 22.3. The molecule has 2 N–H and O–H groups in total. The molecule has 2 amide bonds. The Morgan fingerprint density at radius 2 is 1.69 bits per heavy atom. The van der Waals surface area contributed by atoms with Crippen molar-refractivity contribution in [3.8, 4) is 0 Å². The van der Waals surface area contributed by atoms with E-state index in [0.29, 0.717) is 24.3 Å². The molecular formula is C28H35N5O6. The molecule has 2 aromatic carbocycles. The van der Waals surface area contributed by atoms with Gasteiger partial charge in [0, 0.05) is 44.0 Å². The molecule has 0 saturated carbocycles. The summed E-state index contributed by atoms with van der Waals surface area (Å²) < 4.78 is 16.0. The number of amidine groups is 1. The van der Waals surface area contributed by atoms with Gasteiger partial charge in [0.25, 0.3) is 0 Å². The largest absolute Gasteiger partial charge is 0.462 e. The highest BCUT2D eigenvalue weighted by molar-refractivity contribution is 6.04. The van der Waals surface area contributed by atoms with E-state index in [1.165, 1.54) is 0 Å². The lowest BCUT2D eigenvalue weighted by atomic mass is 10.1. The second kappa shape index (κ2) is 13.2. The standard InChI is InChI=1S/C28H35N5O6/c1-20(2)38-25(34)18-32-14-12-31(13-15-32)16-24-17-33(28(36)39-24)23-10-8-22(9-11-23)26(29)30-27(35)37-19-21-6-4-3-5-7-21/h3-11,20,24H,12-19H2,1-2H3,(H2,29,30,35). The second-order valence-corrected chi connectivity index (χ2v) is 9.84. The summed E-state index contributed by atoms with van der Waals surface area (Å²) in [5.41, 5.74) is 1.99. The molecule has 0 bridgehead atoms. The van der Waals surface area contributed by atoms with Crippen molar-refractivity contribution < 1.29 is 28.6 Å². The summed E-state index contributed by atoms with van der Waals surface area (Å²) in [6.45, 7) is 8.16. The lowest BCUT2D eigenvalue weighted by Gasteiger charge is -2.34. The Balaban J connectivity index is 1.21. The Bertz CT molecular complexity index is 1150. The Kier molecular flexibility index (Phi) is 9.50. The van der Waals surface area contributed by atoms with E-state index in [9.17, 15) is 14.4 Å². The van der Waals surface area contributed by atoms with E-state index in [2.05, 4.69) is 15.1 Å². The summed E-state index contributed by atoms with van der Waals surface area (Å²) >= 11 is 0. The minimum Gasteiger partial charge on any atom is -0.462 e. The number of piperazine rings is 1. The number of rotatable bonds is 9. The summed E-state index contributed by atoms with van der Waals surface area (Å²) in [5, 5.41) is 10.6. The van der Waals surface area contributed by atoms with Gasteiger partial charge >= 0.3 is 18.2 Å². The van der Waals surface area contributed by atoms with Gasteiger partial charge in [0.1, 0.15) is 18.5 Å². The molecule has 11 heteroatoms. The molecule has 1 atom stereocenters. The number of nitrogens with one attached hydrogen (secondary N) is 2. The van der Waals surface area contributed by atoms with Gasteiger partial charge in [-0.3, -0.25) is 30.2 Å². The molecule has 2 fully saturated rings. The summed E-state index contributed by atoms with van der Waals surface area (Å²) in [5.74, 6) is -0.308. The van der Waals surface area contributed by atoms with Crippen molar-refractivity contribution in [2.75, 3.05) is 50.7 Å². The number of esters is 1. The summed E-state index contributed by atoms with van der Waals surface area (Å²) in [4.78, 5) is 42.4. The molecule has 2 aliphatic rings. The number of anilines is 1. The van der Waals surface area contributed by atoms with Crippen molar-refractivity contribution in [2.45, 2.75) is 32.7 Å². The Morgan fingerprint density at radius 1 is 1.03 bits per heavy atom. The lowest BCUT2D eigenvalue weighted by Crippen LogP contribution is -2.50. The molecule has 2 heterocycles. The quantitative estimate of drug-likeness (QED) is 0.217. The third kappa shape index (κ3) is 8.26. The first-order valence-corrected chi connectivity index (χ1v) is 13.1. The average Bonchev–Trinajstić information content (AvgIpc) is 3.28. The van der Waals surface area contributed by atoms with Crippen LogP contribution in [0, 0.1) is 5.41 Å². The Labute approximate surface area is 228 Å². The zero-order valence-corrected chi connectivity index (χ0v) is 22.3. The molecule has 0 aromatic heterocycles. The summed E-state index contributed by atoms with van der Waals surface area (Å²) in [7, 11) is 0. The Morgan fingerprint density at radius 3 is 2.36 bits per heavy atom. The minimum absolute atomic E-state index is 0.0990.